The minimum absolute atomic E-state index is 0.0683. The van der Waals surface area contributed by atoms with Crippen LogP contribution in [0.25, 0.3) is 10.1 Å². The molecule has 3 N–H and O–H groups in total. The number of amides is 2. The number of ether oxygens (including phenoxy) is 1. The fourth-order valence-electron chi connectivity index (χ4n) is 4.02. The van der Waals surface area contributed by atoms with E-state index in [1.165, 1.54) is 11.3 Å². The zero-order chi connectivity index (χ0) is 20.2. The Morgan fingerprint density at radius 2 is 1.97 bits per heavy atom. The van der Waals surface area contributed by atoms with Gasteiger partial charge in [0.05, 0.1) is 16.1 Å². The summed E-state index contributed by atoms with van der Waals surface area (Å²) in [5.74, 6) is 0.353. The van der Waals surface area contributed by atoms with Gasteiger partial charge in [-0.1, -0.05) is 34.1 Å². The van der Waals surface area contributed by atoms with Gasteiger partial charge in [0.25, 0.3) is 11.8 Å². The van der Waals surface area contributed by atoms with Gasteiger partial charge in [-0.25, -0.2) is 0 Å². The average molecular weight is 472 g/mol. The van der Waals surface area contributed by atoms with Crippen molar-refractivity contribution in [3.05, 3.63) is 58.1 Å². The summed E-state index contributed by atoms with van der Waals surface area (Å²) in [4.78, 5) is 27.6. The van der Waals surface area contributed by atoms with Gasteiger partial charge in [-0.15, -0.1) is 11.3 Å². The SMILES string of the molecule is Nc1sc2ccccc2c1C(=O)N1CCC2(CC1)NC(=O)c1cc(Br)ccc1O2. The van der Waals surface area contributed by atoms with E-state index in [2.05, 4.69) is 21.2 Å². The maximum atomic E-state index is 13.2. The highest BCUT2D eigenvalue weighted by Gasteiger charge is 2.43. The predicted molar refractivity (Wildman–Crippen MR) is 116 cm³/mol. The molecule has 29 heavy (non-hydrogen) atoms. The summed E-state index contributed by atoms with van der Waals surface area (Å²) in [6.45, 7) is 0.961. The molecular weight excluding hydrogens is 454 g/mol. The van der Waals surface area contributed by atoms with Crippen molar-refractivity contribution in [1.29, 1.82) is 0 Å². The molecule has 2 amide bonds. The first-order valence-corrected chi connectivity index (χ1v) is 10.9. The lowest BCUT2D eigenvalue weighted by atomic mass is 9.96. The fourth-order valence-corrected chi connectivity index (χ4v) is 5.34. The third kappa shape index (κ3) is 3.07. The summed E-state index contributed by atoms with van der Waals surface area (Å²) in [6.07, 6.45) is 1.03. The fraction of sp³-hybridized carbons (Fsp3) is 0.238. The van der Waals surface area contributed by atoms with Gasteiger partial charge >= 0.3 is 0 Å². The molecule has 2 aliphatic rings. The Morgan fingerprint density at radius 3 is 2.76 bits per heavy atom. The van der Waals surface area contributed by atoms with Crippen molar-refractivity contribution in [2.24, 2.45) is 0 Å². The molecule has 1 fully saturated rings. The Labute approximate surface area is 179 Å². The number of nitrogens with two attached hydrogens (primary N) is 1. The van der Waals surface area contributed by atoms with Gasteiger partial charge < -0.3 is 20.7 Å². The lowest BCUT2D eigenvalue weighted by molar-refractivity contribution is -0.0245. The maximum Gasteiger partial charge on any atom is 0.258 e. The van der Waals surface area contributed by atoms with Gasteiger partial charge in [-0.2, -0.15) is 0 Å². The number of hydrogen-bond donors (Lipinski definition) is 2. The van der Waals surface area contributed by atoms with E-state index < -0.39 is 5.72 Å². The second-order valence-corrected chi connectivity index (χ2v) is 9.32. The lowest BCUT2D eigenvalue weighted by Crippen LogP contribution is -2.61. The Morgan fingerprint density at radius 1 is 1.21 bits per heavy atom. The molecule has 6 nitrogen and oxygen atoms in total. The summed E-state index contributed by atoms with van der Waals surface area (Å²) in [5, 5.41) is 4.44. The van der Waals surface area contributed by atoms with E-state index in [0.717, 1.165) is 14.6 Å². The Hall–Kier alpha value is -2.58. The van der Waals surface area contributed by atoms with E-state index in [-0.39, 0.29) is 11.8 Å². The number of fused-ring (bicyclic) bond motifs is 2. The number of nitrogen functional groups attached to an aromatic ring is 1. The van der Waals surface area contributed by atoms with Crippen LogP contribution in [0.2, 0.25) is 0 Å². The number of likely N-dealkylation sites (tertiary alicyclic amines) is 1. The minimum atomic E-state index is -0.781. The monoisotopic (exact) mass is 471 g/mol. The van der Waals surface area contributed by atoms with Crippen molar-refractivity contribution in [2.45, 2.75) is 18.6 Å². The van der Waals surface area contributed by atoms with Gasteiger partial charge in [0, 0.05) is 40.5 Å². The van der Waals surface area contributed by atoms with Crippen LogP contribution in [0.5, 0.6) is 5.75 Å². The summed E-state index contributed by atoms with van der Waals surface area (Å²) < 4.78 is 8.02. The van der Waals surface area contributed by atoms with E-state index in [0.29, 0.717) is 47.8 Å². The molecule has 1 saturated heterocycles. The molecule has 0 atom stereocenters. The molecule has 1 aromatic heterocycles. The highest BCUT2D eigenvalue weighted by molar-refractivity contribution is 9.10. The number of thiophene rings is 1. The first kappa shape index (κ1) is 18.4. The molecule has 2 aromatic carbocycles. The van der Waals surface area contributed by atoms with E-state index >= 15 is 0 Å². The number of rotatable bonds is 1. The molecule has 8 heteroatoms. The van der Waals surface area contributed by atoms with Crippen molar-refractivity contribution in [1.82, 2.24) is 10.2 Å². The van der Waals surface area contributed by atoms with Gasteiger partial charge in [0.1, 0.15) is 5.75 Å². The highest BCUT2D eigenvalue weighted by Crippen LogP contribution is 2.37. The summed E-state index contributed by atoms with van der Waals surface area (Å²) in [7, 11) is 0. The Kier molecular flexibility index (Phi) is 4.29. The van der Waals surface area contributed by atoms with Crippen LogP contribution in [-0.2, 0) is 0 Å². The lowest BCUT2D eigenvalue weighted by Gasteiger charge is -2.44. The largest absolute Gasteiger partial charge is 0.467 e. The van der Waals surface area contributed by atoms with Crippen LogP contribution in [0.15, 0.2) is 46.9 Å². The quantitative estimate of drug-likeness (QED) is 0.561. The topological polar surface area (TPSA) is 84.7 Å². The van der Waals surface area contributed by atoms with Crippen LogP contribution >= 0.6 is 27.3 Å². The Balaban J connectivity index is 1.36. The number of halogens is 1. The molecule has 5 rings (SSSR count). The summed E-state index contributed by atoms with van der Waals surface area (Å²) in [5.41, 5.74) is 6.47. The number of piperidine rings is 1. The first-order chi connectivity index (χ1) is 14.0. The number of benzene rings is 2. The van der Waals surface area contributed by atoms with Crippen molar-refractivity contribution in [3.8, 4) is 5.75 Å². The zero-order valence-electron chi connectivity index (χ0n) is 15.4. The molecule has 3 aromatic rings. The van der Waals surface area contributed by atoms with Crippen LogP contribution in [0, 0.1) is 0 Å². The first-order valence-electron chi connectivity index (χ1n) is 9.33. The van der Waals surface area contributed by atoms with Crippen LogP contribution in [0.4, 0.5) is 5.00 Å². The van der Waals surface area contributed by atoms with Crippen molar-refractivity contribution in [2.75, 3.05) is 18.8 Å². The molecule has 0 saturated carbocycles. The second-order valence-electron chi connectivity index (χ2n) is 7.32. The van der Waals surface area contributed by atoms with Crippen molar-refractivity contribution < 1.29 is 14.3 Å². The van der Waals surface area contributed by atoms with E-state index in [9.17, 15) is 9.59 Å². The smallest absolute Gasteiger partial charge is 0.258 e. The number of carbonyl (C=O) groups is 2. The second kappa shape index (κ2) is 6.74. The number of nitrogens with zero attached hydrogens (tertiary/aromatic N) is 1. The normalized spacial score (nSPS) is 17.7. The summed E-state index contributed by atoms with van der Waals surface area (Å²) in [6, 6.07) is 13.2. The standard InChI is InChI=1S/C21H18BrN3O3S/c22-12-5-6-15-14(11-12)19(26)24-21(28-15)7-9-25(10-8-21)20(27)17-13-3-1-2-4-16(13)29-18(17)23/h1-6,11H,7-10,23H2,(H,24,26). The number of carbonyl (C=O) groups excluding carboxylic acids is 2. The molecule has 0 bridgehead atoms. The van der Waals surface area contributed by atoms with Gasteiger partial charge in [-0.3, -0.25) is 9.59 Å². The molecule has 3 heterocycles. The Bertz CT molecular complexity index is 1150. The third-order valence-electron chi connectivity index (χ3n) is 5.53. The van der Waals surface area contributed by atoms with Gasteiger partial charge in [0.15, 0.2) is 5.72 Å². The van der Waals surface area contributed by atoms with Crippen LogP contribution < -0.4 is 15.8 Å². The minimum Gasteiger partial charge on any atom is -0.467 e. The van der Waals surface area contributed by atoms with Crippen LogP contribution in [0.3, 0.4) is 0 Å². The van der Waals surface area contributed by atoms with Crippen LogP contribution in [-0.4, -0.2) is 35.5 Å². The molecule has 1 spiro atoms. The summed E-state index contributed by atoms with van der Waals surface area (Å²) >= 11 is 4.81. The maximum absolute atomic E-state index is 13.2. The average Bonchev–Trinajstić information content (AvgIpc) is 3.04. The number of anilines is 1. The molecule has 2 aliphatic heterocycles. The number of nitrogens with one attached hydrogen (secondary N) is 1. The van der Waals surface area contributed by atoms with E-state index in [4.69, 9.17) is 10.5 Å². The molecule has 148 valence electrons. The number of hydrogen-bond acceptors (Lipinski definition) is 5. The van der Waals surface area contributed by atoms with Gasteiger partial charge in [-0.05, 0) is 24.3 Å². The van der Waals surface area contributed by atoms with Gasteiger partial charge in [0.2, 0.25) is 0 Å². The zero-order valence-corrected chi connectivity index (χ0v) is 17.8. The molecule has 0 radical (unpaired) electrons. The molecule has 0 aliphatic carbocycles. The van der Waals surface area contributed by atoms with Crippen molar-refractivity contribution >= 4 is 54.2 Å². The van der Waals surface area contributed by atoms with Crippen molar-refractivity contribution in [3.63, 3.8) is 0 Å². The molecule has 0 unspecified atom stereocenters. The molecular formula is C21H18BrN3O3S. The third-order valence-corrected chi connectivity index (χ3v) is 7.02. The van der Waals surface area contributed by atoms with E-state index in [1.807, 2.05) is 30.3 Å². The van der Waals surface area contributed by atoms with Crippen LogP contribution in [0.1, 0.15) is 33.6 Å². The predicted octanol–water partition coefficient (Wildman–Crippen LogP) is 4.00. The van der Waals surface area contributed by atoms with E-state index in [1.54, 1.807) is 17.0 Å². The highest BCUT2D eigenvalue weighted by atomic mass is 79.9.